The van der Waals surface area contributed by atoms with Gasteiger partial charge in [0.15, 0.2) is 0 Å². The molecule has 0 aromatic heterocycles. The van der Waals surface area contributed by atoms with Crippen molar-refractivity contribution in [3.63, 3.8) is 0 Å². The molecule has 2 atom stereocenters. The quantitative estimate of drug-likeness (QED) is 0.677. The Morgan fingerprint density at radius 1 is 1.08 bits per heavy atom. The summed E-state index contributed by atoms with van der Waals surface area (Å²) in [6, 6.07) is 1.15. The number of hydrogen-bond acceptors (Lipinski definition) is 4. The second kappa shape index (κ2) is 4.91. The normalized spacial score (nSPS) is 37.6. The summed E-state index contributed by atoms with van der Waals surface area (Å²) in [6.45, 7) is 2.49. The van der Waals surface area contributed by atoms with Crippen LogP contribution in [0.5, 0.6) is 0 Å². The van der Waals surface area contributed by atoms with Crippen molar-refractivity contribution in [1.82, 2.24) is 4.90 Å². The summed E-state index contributed by atoms with van der Waals surface area (Å²) in [4.78, 5) is 2.62. The minimum absolute atomic E-state index is 0.452. The predicted octanol–water partition coefficient (Wildman–Crippen LogP) is 1.56. The van der Waals surface area contributed by atoms with Crippen molar-refractivity contribution in [2.24, 2.45) is 5.73 Å². The van der Waals surface area contributed by atoms with Crippen LogP contribution in [-0.2, 0) is 0 Å². The maximum absolute atomic E-state index is 6.11. The van der Waals surface area contributed by atoms with E-state index in [9.17, 15) is 0 Å². The first-order valence-corrected chi connectivity index (χ1v) is 7.61. The van der Waals surface area contributed by atoms with E-state index in [4.69, 9.17) is 5.73 Å². The summed E-state index contributed by atoms with van der Waals surface area (Å²) in [5.41, 5.74) is 6.11. The Balaban J connectivity index is 1.89. The Morgan fingerprint density at radius 2 is 1.77 bits per heavy atom. The first-order valence-electron chi connectivity index (χ1n) is 5.12. The van der Waals surface area contributed by atoms with Crippen molar-refractivity contribution in [1.29, 1.82) is 0 Å². The van der Waals surface area contributed by atoms with Crippen LogP contribution < -0.4 is 5.73 Å². The summed E-state index contributed by atoms with van der Waals surface area (Å²) < 4.78 is 0. The van der Waals surface area contributed by atoms with Crippen molar-refractivity contribution < 1.29 is 0 Å². The molecule has 0 radical (unpaired) electrons. The lowest BCUT2D eigenvalue weighted by molar-refractivity contribution is 0.209. The molecule has 2 nitrogen and oxygen atoms in total. The van der Waals surface area contributed by atoms with Gasteiger partial charge in [-0.1, -0.05) is 28.0 Å². The molecule has 0 amide bonds. The highest BCUT2D eigenvalue weighted by Crippen LogP contribution is 2.28. The van der Waals surface area contributed by atoms with E-state index < -0.39 is 0 Å². The Kier molecular flexibility index (Phi) is 3.84. The lowest BCUT2D eigenvalue weighted by atomic mass is 10.1. The third kappa shape index (κ3) is 2.55. The van der Waals surface area contributed by atoms with Crippen molar-refractivity contribution in [3.8, 4) is 0 Å². The predicted molar refractivity (Wildman–Crippen MR) is 62.1 cm³/mol. The Labute approximate surface area is 88.4 Å². The van der Waals surface area contributed by atoms with Crippen LogP contribution in [0.2, 0.25) is 0 Å². The van der Waals surface area contributed by atoms with E-state index in [-0.39, 0.29) is 0 Å². The molecular formula is C9H18N2S2. The molecule has 2 N–H and O–H groups in total. The molecule has 1 aliphatic heterocycles. The number of nitrogens with two attached hydrogens (primary N) is 1. The van der Waals surface area contributed by atoms with Crippen LogP contribution in [0.1, 0.15) is 19.3 Å². The molecule has 0 bridgehead atoms. The molecule has 2 rings (SSSR count). The first kappa shape index (κ1) is 10.1. The minimum atomic E-state index is 0.452. The van der Waals surface area contributed by atoms with Crippen molar-refractivity contribution in [3.05, 3.63) is 0 Å². The summed E-state index contributed by atoms with van der Waals surface area (Å²) in [7, 11) is 4.03. The van der Waals surface area contributed by atoms with Gasteiger partial charge < -0.3 is 5.73 Å². The summed E-state index contributed by atoms with van der Waals surface area (Å²) in [6.07, 6.45) is 3.90. The average Bonchev–Trinajstić information content (AvgIpc) is 2.43. The van der Waals surface area contributed by atoms with E-state index in [0.717, 1.165) is 0 Å². The van der Waals surface area contributed by atoms with E-state index in [1.807, 2.05) is 21.6 Å². The zero-order valence-corrected chi connectivity index (χ0v) is 9.58. The summed E-state index contributed by atoms with van der Waals surface area (Å²) in [5.74, 6) is 2.54. The number of rotatable bonds is 1. The highest BCUT2D eigenvalue weighted by atomic mass is 33.1. The van der Waals surface area contributed by atoms with Gasteiger partial charge in [0.1, 0.15) is 0 Å². The van der Waals surface area contributed by atoms with Crippen LogP contribution in [-0.4, -0.2) is 41.6 Å². The molecule has 0 aromatic rings. The lowest BCUT2D eigenvalue weighted by Gasteiger charge is -2.29. The highest BCUT2D eigenvalue weighted by Gasteiger charge is 2.29. The van der Waals surface area contributed by atoms with Gasteiger partial charge in [-0.3, -0.25) is 4.90 Å². The van der Waals surface area contributed by atoms with E-state index in [1.165, 1.54) is 43.9 Å². The average molecular weight is 218 g/mol. The molecule has 13 heavy (non-hydrogen) atoms. The van der Waals surface area contributed by atoms with Crippen LogP contribution in [0.4, 0.5) is 0 Å². The third-order valence-electron chi connectivity index (χ3n) is 3.01. The standard InChI is InChI=1S/C9H18N2S2/c10-8-2-1-3-9(8)11-4-6-12-13-7-5-11/h8-9H,1-7,10H2. The molecule has 0 aromatic carbocycles. The van der Waals surface area contributed by atoms with E-state index in [2.05, 4.69) is 4.90 Å². The SMILES string of the molecule is NC1CCCC1N1CCSSCC1. The van der Waals surface area contributed by atoms with Gasteiger partial charge in [0.2, 0.25) is 0 Å². The van der Waals surface area contributed by atoms with Crippen molar-refractivity contribution >= 4 is 21.6 Å². The third-order valence-corrected chi connectivity index (χ3v) is 5.37. The van der Waals surface area contributed by atoms with Gasteiger partial charge in [-0.25, -0.2) is 0 Å². The maximum Gasteiger partial charge on any atom is 0.0247 e. The number of nitrogens with zero attached hydrogens (tertiary/aromatic N) is 1. The molecule has 2 aliphatic rings. The van der Waals surface area contributed by atoms with Gasteiger partial charge in [-0.2, -0.15) is 0 Å². The largest absolute Gasteiger partial charge is 0.326 e. The number of hydrogen-bond donors (Lipinski definition) is 1. The van der Waals surface area contributed by atoms with Gasteiger partial charge in [-0.15, -0.1) is 0 Å². The fraction of sp³-hybridized carbons (Fsp3) is 1.00. The fourth-order valence-corrected chi connectivity index (χ4v) is 4.30. The Hall–Kier alpha value is 0.620. The zero-order chi connectivity index (χ0) is 9.10. The summed E-state index contributed by atoms with van der Waals surface area (Å²) in [5, 5.41) is 0. The van der Waals surface area contributed by atoms with Gasteiger partial charge in [0.25, 0.3) is 0 Å². The zero-order valence-electron chi connectivity index (χ0n) is 7.95. The smallest absolute Gasteiger partial charge is 0.0247 e. The van der Waals surface area contributed by atoms with Crippen LogP contribution in [0.3, 0.4) is 0 Å². The molecule has 1 aliphatic carbocycles. The van der Waals surface area contributed by atoms with E-state index >= 15 is 0 Å². The van der Waals surface area contributed by atoms with E-state index in [0.29, 0.717) is 12.1 Å². The van der Waals surface area contributed by atoms with Crippen molar-refractivity contribution in [2.75, 3.05) is 24.6 Å². The Bertz CT molecular complexity index is 158. The second-order valence-corrected chi connectivity index (χ2v) is 6.54. The molecule has 4 heteroatoms. The highest BCUT2D eigenvalue weighted by molar-refractivity contribution is 8.76. The maximum atomic E-state index is 6.11. The second-order valence-electron chi connectivity index (χ2n) is 3.84. The molecular weight excluding hydrogens is 200 g/mol. The van der Waals surface area contributed by atoms with E-state index in [1.54, 1.807) is 0 Å². The fourth-order valence-electron chi connectivity index (χ4n) is 2.29. The first-order chi connectivity index (χ1) is 6.38. The van der Waals surface area contributed by atoms with Crippen LogP contribution in [0, 0.1) is 0 Å². The van der Waals surface area contributed by atoms with Gasteiger partial charge in [0, 0.05) is 36.7 Å². The molecule has 2 unspecified atom stereocenters. The molecule has 2 fully saturated rings. The molecule has 0 spiro atoms. The Morgan fingerprint density at radius 3 is 2.31 bits per heavy atom. The van der Waals surface area contributed by atoms with Crippen molar-refractivity contribution in [2.45, 2.75) is 31.3 Å². The van der Waals surface area contributed by atoms with Gasteiger partial charge in [-0.05, 0) is 12.8 Å². The molecule has 1 saturated heterocycles. The van der Waals surface area contributed by atoms with Crippen LogP contribution >= 0.6 is 21.6 Å². The molecule has 76 valence electrons. The molecule has 1 heterocycles. The monoisotopic (exact) mass is 218 g/mol. The van der Waals surface area contributed by atoms with Crippen LogP contribution in [0.15, 0.2) is 0 Å². The molecule has 1 saturated carbocycles. The van der Waals surface area contributed by atoms with Gasteiger partial charge in [0.05, 0.1) is 0 Å². The summed E-state index contributed by atoms with van der Waals surface area (Å²) >= 11 is 0. The topological polar surface area (TPSA) is 29.3 Å². The van der Waals surface area contributed by atoms with Gasteiger partial charge >= 0.3 is 0 Å². The minimum Gasteiger partial charge on any atom is -0.326 e. The van der Waals surface area contributed by atoms with Crippen LogP contribution in [0.25, 0.3) is 0 Å². The lowest BCUT2D eigenvalue weighted by Crippen LogP contribution is -2.45.